The number of hydrogen-bond acceptors (Lipinski definition) is 4. The molecule has 5 rings (SSSR count). The van der Waals surface area contributed by atoms with E-state index < -0.39 is 0 Å². The molecule has 5 aliphatic rings. The number of ether oxygens (including phenoxy) is 4. The molecule has 0 bridgehead atoms. The second kappa shape index (κ2) is 4.19. The van der Waals surface area contributed by atoms with Crippen molar-refractivity contribution in [2.24, 2.45) is 10.8 Å². The van der Waals surface area contributed by atoms with Gasteiger partial charge in [-0.3, -0.25) is 0 Å². The molecule has 0 aromatic rings. The fourth-order valence-corrected chi connectivity index (χ4v) is 4.76. The molecule has 4 atom stereocenters. The van der Waals surface area contributed by atoms with Crippen LogP contribution in [-0.4, -0.2) is 50.8 Å². The molecule has 2 spiro atoms. The molecule has 0 aromatic heterocycles. The lowest BCUT2D eigenvalue weighted by molar-refractivity contribution is -0.127. The predicted octanol–water partition coefficient (Wildman–Crippen LogP) is 1.91. The van der Waals surface area contributed by atoms with Crippen LogP contribution < -0.4 is 0 Å². The molecule has 2 saturated carbocycles. The van der Waals surface area contributed by atoms with Gasteiger partial charge in [0.2, 0.25) is 0 Å². The van der Waals surface area contributed by atoms with Crippen molar-refractivity contribution in [2.45, 2.75) is 62.9 Å². The van der Waals surface area contributed by atoms with Gasteiger partial charge in [-0.15, -0.1) is 0 Å². The summed E-state index contributed by atoms with van der Waals surface area (Å²) in [5, 5.41) is 0. The number of rotatable bonds is 0. The van der Waals surface area contributed by atoms with Crippen LogP contribution in [-0.2, 0) is 18.9 Å². The van der Waals surface area contributed by atoms with E-state index in [2.05, 4.69) is 0 Å². The molecule has 3 aliphatic heterocycles. The minimum Gasteiger partial charge on any atom is -0.380 e. The first-order chi connectivity index (χ1) is 9.76. The average Bonchev–Trinajstić information content (AvgIpc) is 3.31. The Balaban J connectivity index is 1.25. The van der Waals surface area contributed by atoms with E-state index >= 15 is 0 Å². The van der Waals surface area contributed by atoms with Gasteiger partial charge in [0.05, 0.1) is 50.8 Å². The summed E-state index contributed by atoms with van der Waals surface area (Å²) < 4.78 is 23.8. The van der Waals surface area contributed by atoms with Crippen LogP contribution in [0, 0.1) is 10.8 Å². The van der Waals surface area contributed by atoms with Crippen molar-refractivity contribution in [3.63, 3.8) is 0 Å². The van der Waals surface area contributed by atoms with Crippen LogP contribution in [0.15, 0.2) is 0 Å². The third-order valence-corrected chi connectivity index (χ3v) is 6.20. The van der Waals surface area contributed by atoms with E-state index in [1.54, 1.807) is 0 Å². The standard InChI is InChI=1S/C16H24O4/c1-3-15(5-13-11(1)19-13)7-17-9-16(10-18-8-15)4-2-12-14(6-16)20-12/h11-14H,1-10H2. The van der Waals surface area contributed by atoms with Crippen LogP contribution in [0.3, 0.4) is 0 Å². The molecule has 5 fully saturated rings. The maximum atomic E-state index is 6.20. The molecule has 0 aromatic carbocycles. The third-order valence-electron chi connectivity index (χ3n) is 6.20. The van der Waals surface area contributed by atoms with Gasteiger partial charge in [0.1, 0.15) is 0 Å². The highest BCUT2D eigenvalue weighted by Gasteiger charge is 2.54. The van der Waals surface area contributed by atoms with Gasteiger partial charge < -0.3 is 18.9 Å². The fraction of sp³-hybridized carbons (Fsp3) is 1.00. The first-order valence-electron chi connectivity index (χ1n) is 8.23. The summed E-state index contributed by atoms with van der Waals surface area (Å²) in [4.78, 5) is 0. The molecule has 4 heteroatoms. The average molecular weight is 280 g/mol. The number of fused-ring (bicyclic) bond motifs is 2. The largest absolute Gasteiger partial charge is 0.380 e. The van der Waals surface area contributed by atoms with Crippen molar-refractivity contribution in [3.8, 4) is 0 Å². The Morgan fingerprint density at radius 2 is 1.05 bits per heavy atom. The number of hydrogen-bond donors (Lipinski definition) is 0. The molecule has 0 N–H and O–H groups in total. The summed E-state index contributed by atoms with van der Waals surface area (Å²) in [7, 11) is 0. The van der Waals surface area contributed by atoms with Gasteiger partial charge in [0, 0.05) is 10.8 Å². The Hall–Kier alpha value is -0.160. The van der Waals surface area contributed by atoms with E-state index in [4.69, 9.17) is 18.9 Å². The second-order valence-corrected chi connectivity index (χ2v) is 7.90. The maximum absolute atomic E-state index is 6.20. The summed E-state index contributed by atoms with van der Waals surface area (Å²) in [6, 6.07) is 0. The highest BCUT2D eigenvalue weighted by atomic mass is 16.6. The van der Waals surface area contributed by atoms with E-state index in [9.17, 15) is 0 Å². The van der Waals surface area contributed by atoms with E-state index in [1.165, 1.54) is 25.7 Å². The second-order valence-electron chi connectivity index (χ2n) is 7.90. The van der Waals surface area contributed by atoms with Crippen molar-refractivity contribution in [3.05, 3.63) is 0 Å². The first-order valence-corrected chi connectivity index (χ1v) is 8.23. The van der Waals surface area contributed by atoms with Gasteiger partial charge in [-0.1, -0.05) is 0 Å². The summed E-state index contributed by atoms with van der Waals surface area (Å²) in [5.74, 6) is 0. The Morgan fingerprint density at radius 1 is 0.600 bits per heavy atom. The van der Waals surface area contributed by atoms with Crippen molar-refractivity contribution in [2.75, 3.05) is 26.4 Å². The quantitative estimate of drug-likeness (QED) is 0.636. The molecular formula is C16H24O4. The van der Waals surface area contributed by atoms with Gasteiger partial charge in [0.25, 0.3) is 0 Å². The van der Waals surface area contributed by atoms with E-state index in [1.807, 2.05) is 0 Å². The van der Waals surface area contributed by atoms with Crippen LogP contribution in [0.5, 0.6) is 0 Å². The summed E-state index contributed by atoms with van der Waals surface area (Å²) in [6.07, 6.45) is 9.18. The normalized spacial score (nSPS) is 57.6. The highest BCUT2D eigenvalue weighted by Crippen LogP contribution is 2.50. The molecule has 20 heavy (non-hydrogen) atoms. The summed E-state index contributed by atoms with van der Waals surface area (Å²) >= 11 is 0. The van der Waals surface area contributed by atoms with Gasteiger partial charge in [0.15, 0.2) is 0 Å². The molecule has 4 nitrogen and oxygen atoms in total. The molecule has 3 saturated heterocycles. The number of epoxide rings is 2. The van der Waals surface area contributed by atoms with Gasteiger partial charge in [-0.05, 0) is 38.5 Å². The predicted molar refractivity (Wildman–Crippen MR) is 71.5 cm³/mol. The fourth-order valence-electron chi connectivity index (χ4n) is 4.76. The zero-order chi connectivity index (χ0) is 13.2. The SMILES string of the molecule is C1CC2(COCC3(CCC4OC4C3)COC2)CC2OC12. The van der Waals surface area contributed by atoms with Crippen molar-refractivity contribution in [1.29, 1.82) is 0 Å². The monoisotopic (exact) mass is 280 g/mol. The molecule has 112 valence electrons. The van der Waals surface area contributed by atoms with Crippen LogP contribution in [0.4, 0.5) is 0 Å². The van der Waals surface area contributed by atoms with Gasteiger partial charge >= 0.3 is 0 Å². The van der Waals surface area contributed by atoms with Crippen molar-refractivity contribution >= 4 is 0 Å². The molecule has 0 radical (unpaired) electrons. The maximum Gasteiger partial charge on any atom is 0.0848 e. The Bertz CT molecular complexity index is 363. The zero-order valence-corrected chi connectivity index (χ0v) is 12.0. The Labute approximate surface area is 120 Å². The summed E-state index contributed by atoms with van der Waals surface area (Å²) in [5.41, 5.74) is 0.457. The van der Waals surface area contributed by atoms with Crippen LogP contribution in [0.1, 0.15) is 38.5 Å². The Morgan fingerprint density at radius 3 is 1.45 bits per heavy atom. The van der Waals surface area contributed by atoms with Crippen LogP contribution in [0.2, 0.25) is 0 Å². The molecule has 4 unspecified atom stereocenters. The van der Waals surface area contributed by atoms with Crippen LogP contribution >= 0.6 is 0 Å². The van der Waals surface area contributed by atoms with Crippen molar-refractivity contribution < 1.29 is 18.9 Å². The van der Waals surface area contributed by atoms with Gasteiger partial charge in [-0.25, -0.2) is 0 Å². The van der Waals surface area contributed by atoms with E-state index in [-0.39, 0.29) is 10.8 Å². The summed E-state index contributed by atoms with van der Waals surface area (Å²) in [6.45, 7) is 3.43. The first kappa shape index (κ1) is 12.4. The van der Waals surface area contributed by atoms with E-state index in [0.717, 1.165) is 39.3 Å². The minimum atomic E-state index is 0.229. The molecule has 0 amide bonds. The lowest BCUT2D eigenvalue weighted by atomic mass is 9.73. The molecule has 2 aliphatic carbocycles. The van der Waals surface area contributed by atoms with E-state index in [0.29, 0.717) is 24.4 Å². The van der Waals surface area contributed by atoms with Gasteiger partial charge in [-0.2, -0.15) is 0 Å². The topological polar surface area (TPSA) is 43.5 Å². The lowest BCUT2D eigenvalue weighted by Gasteiger charge is -2.42. The van der Waals surface area contributed by atoms with Crippen molar-refractivity contribution in [1.82, 2.24) is 0 Å². The molecule has 3 heterocycles. The third kappa shape index (κ3) is 2.04. The lowest BCUT2D eigenvalue weighted by Crippen LogP contribution is -2.45. The highest BCUT2D eigenvalue weighted by molar-refractivity contribution is 5.02. The minimum absolute atomic E-state index is 0.229. The Kier molecular flexibility index (Phi) is 2.59. The zero-order valence-electron chi connectivity index (χ0n) is 12.0. The van der Waals surface area contributed by atoms with Crippen LogP contribution in [0.25, 0.3) is 0 Å². The molecular weight excluding hydrogens is 256 g/mol. The smallest absolute Gasteiger partial charge is 0.0848 e.